The van der Waals surface area contributed by atoms with Gasteiger partial charge in [0.25, 0.3) is 0 Å². The Hall–Kier alpha value is -2.46. The average Bonchev–Trinajstić information content (AvgIpc) is 2.70. The first-order valence-electron chi connectivity index (χ1n) is 9.67. The topological polar surface area (TPSA) is 135 Å². The number of aliphatic hydroxyl groups is 1. The fourth-order valence-electron chi connectivity index (χ4n) is 1.90. The second kappa shape index (κ2) is 17.4. The zero-order valence-electron chi connectivity index (χ0n) is 17.7. The lowest BCUT2D eigenvalue weighted by Crippen LogP contribution is -2.35. The van der Waals surface area contributed by atoms with Crippen molar-refractivity contribution in [2.24, 2.45) is 0 Å². The summed E-state index contributed by atoms with van der Waals surface area (Å²) in [7, 11) is 0. The number of hydrogen-bond acceptors (Lipinski definition) is 7. The SMILES string of the molecule is CCOCCOCc1ccc(OCC(O)CNC(C)C)cc1.O=C(O)/C=C/C(=O)O. The predicted octanol–water partition coefficient (Wildman–Crippen LogP) is 1.69. The Balaban J connectivity index is 0.000000890. The number of aliphatic hydroxyl groups excluding tert-OH is 1. The summed E-state index contributed by atoms with van der Waals surface area (Å²) in [6, 6.07) is 8.08. The number of carboxylic acids is 2. The molecule has 0 heterocycles. The van der Waals surface area contributed by atoms with Crippen molar-refractivity contribution in [3.8, 4) is 5.75 Å². The van der Waals surface area contributed by atoms with Gasteiger partial charge in [-0.05, 0) is 24.6 Å². The molecule has 0 aliphatic rings. The molecule has 0 bridgehead atoms. The van der Waals surface area contributed by atoms with E-state index in [1.54, 1.807) is 0 Å². The summed E-state index contributed by atoms with van der Waals surface area (Å²) >= 11 is 0. The quantitative estimate of drug-likeness (QED) is 0.258. The summed E-state index contributed by atoms with van der Waals surface area (Å²) in [5, 5.41) is 28.6. The highest BCUT2D eigenvalue weighted by atomic mass is 16.5. The van der Waals surface area contributed by atoms with Crippen LogP contribution in [0.4, 0.5) is 0 Å². The second-order valence-corrected chi connectivity index (χ2v) is 6.43. The van der Waals surface area contributed by atoms with E-state index >= 15 is 0 Å². The van der Waals surface area contributed by atoms with Crippen molar-refractivity contribution in [1.29, 1.82) is 0 Å². The van der Waals surface area contributed by atoms with Crippen LogP contribution in [0.3, 0.4) is 0 Å². The van der Waals surface area contributed by atoms with Gasteiger partial charge in [-0.3, -0.25) is 0 Å². The molecule has 0 spiro atoms. The van der Waals surface area contributed by atoms with Gasteiger partial charge in [-0.2, -0.15) is 0 Å². The van der Waals surface area contributed by atoms with Gasteiger partial charge in [-0.1, -0.05) is 26.0 Å². The van der Waals surface area contributed by atoms with E-state index in [2.05, 4.69) is 5.32 Å². The fraction of sp³-hybridized carbons (Fsp3) is 0.524. The molecule has 0 aromatic heterocycles. The number of nitrogens with one attached hydrogen (secondary N) is 1. The van der Waals surface area contributed by atoms with Gasteiger partial charge in [-0.25, -0.2) is 9.59 Å². The Morgan fingerprint density at radius 1 is 1.03 bits per heavy atom. The molecule has 30 heavy (non-hydrogen) atoms. The first-order valence-corrected chi connectivity index (χ1v) is 9.67. The molecule has 0 saturated heterocycles. The zero-order valence-corrected chi connectivity index (χ0v) is 17.7. The van der Waals surface area contributed by atoms with Crippen molar-refractivity contribution in [2.75, 3.05) is 33.0 Å². The third-order valence-corrected chi connectivity index (χ3v) is 3.34. The number of ether oxygens (including phenoxy) is 3. The predicted molar refractivity (Wildman–Crippen MR) is 112 cm³/mol. The van der Waals surface area contributed by atoms with E-state index < -0.39 is 18.0 Å². The molecule has 9 nitrogen and oxygen atoms in total. The Morgan fingerprint density at radius 3 is 2.10 bits per heavy atom. The number of carbonyl (C=O) groups is 2. The molecule has 0 aliphatic heterocycles. The molecule has 0 amide bonds. The maximum absolute atomic E-state index is 9.78. The van der Waals surface area contributed by atoms with E-state index in [0.717, 1.165) is 11.3 Å². The molecule has 1 aromatic rings. The van der Waals surface area contributed by atoms with Gasteiger partial charge < -0.3 is 34.8 Å². The summed E-state index contributed by atoms with van der Waals surface area (Å²) in [5.74, 6) is -1.76. The third-order valence-electron chi connectivity index (χ3n) is 3.34. The van der Waals surface area contributed by atoms with Crippen LogP contribution in [0.5, 0.6) is 5.75 Å². The molecular formula is C21H33NO8. The lowest BCUT2D eigenvalue weighted by molar-refractivity contribution is -0.134. The highest BCUT2D eigenvalue weighted by molar-refractivity contribution is 5.89. The van der Waals surface area contributed by atoms with Gasteiger partial charge >= 0.3 is 11.9 Å². The maximum Gasteiger partial charge on any atom is 0.328 e. The first kappa shape index (κ1) is 27.5. The van der Waals surface area contributed by atoms with Crippen LogP contribution in [-0.2, 0) is 25.7 Å². The molecule has 1 aromatic carbocycles. The smallest absolute Gasteiger partial charge is 0.328 e. The third kappa shape index (κ3) is 17.6. The summed E-state index contributed by atoms with van der Waals surface area (Å²) in [5.41, 5.74) is 1.09. The van der Waals surface area contributed by atoms with Gasteiger partial charge in [0.15, 0.2) is 0 Å². The Bertz CT molecular complexity index is 600. The molecule has 4 N–H and O–H groups in total. The van der Waals surface area contributed by atoms with Crippen LogP contribution in [0, 0.1) is 0 Å². The largest absolute Gasteiger partial charge is 0.491 e. The fourth-order valence-corrected chi connectivity index (χ4v) is 1.90. The highest BCUT2D eigenvalue weighted by Gasteiger charge is 2.06. The van der Waals surface area contributed by atoms with Gasteiger partial charge in [0.1, 0.15) is 18.5 Å². The number of benzene rings is 1. The Morgan fingerprint density at radius 2 is 1.60 bits per heavy atom. The van der Waals surface area contributed by atoms with Crippen molar-refractivity contribution in [3.63, 3.8) is 0 Å². The van der Waals surface area contributed by atoms with Gasteiger partial charge in [0.2, 0.25) is 0 Å². The molecule has 0 radical (unpaired) electrons. The minimum absolute atomic E-state index is 0.282. The standard InChI is InChI=1S/C17H29NO4.C4H4O4/c1-4-20-9-10-21-12-15-5-7-17(8-6-15)22-13-16(19)11-18-14(2)3;5-3(6)1-2-4(7)8/h5-8,14,16,18-19H,4,9-13H2,1-3H3;1-2H,(H,5,6)(H,7,8)/b;2-1+. The van der Waals surface area contributed by atoms with E-state index in [4.69, 9.17) is 24.4 Å². The molecule has 0 fully saturated rings. The number of hydrogen-bond donors (Lipinski definition) is 4. The van der Waals surface area contributed by atoms with Crippen LogP contribution in [0.2, 0.25) is 0 Å². The Labute approximate surface area is 177 Å². The van der Waals surface area contributed by atoms with Crippen molar-refractivity contribution in [2.45, 2.75) is 39.5 Å². The molecule has 1 unspecified atom stereocenters. The molecular weight excluding hydrogens is 394 g/mol. The summed E-state index contributed by atoms with van der Waals surface area (Å²) in [6.45, 7) is 9.37. The van der Waals surface area contributed by atoms with Crippen LogP contribution in [0.1, 0.15) is 26.3 Å². The van der Waals surface area contributed by atoms with Crippen LogP contribution in [0.25, 0.3) is 0 Å². The van der Waals surface area contributed by atoms with Crippen LogP contribution in [0.15, 0.2) is 36.4 Å². The highest BCUT2D eigenvalue weighted by Crippen LogP contribution is 2.13. The molecule has 0 saturated carbocycles. The van der Waals surface area contributed by atoms with Crippen LogP contribution in [-0.4, -0.2) is 72.4 Å². The van der Waals surface area contributed by atoms with Gasteiger partial charge in [0.05, 0.1) is 19.8 Å². The second-order valence-electron chi connectivity index (χ2n) is 6.43. The van der Waals surface area contributed by atoms with E-state index in [0.29, 0.717) is 51.2 Å². The minimum atomic E-state index is -1.26. The normalized spacial score (nSPS) is 11.8. The molecule has 170 valence electrons. The summed E-state index contributed by atoms with van der Waals surface area (Å²) in [4.78, 5) is 19.1. The van der Waals surface area contributed by atoms with Crippen molar-refractivity contribution in [3.05, 3.63) is 42.0 Å². The van der Waals surface area contributed by atoms with E-state index in [-0.39, 0.29) is 6.61 Å². The molecule has 9 heteroatoms. The number of aliphatic carboxylic acids is 2. The molecule has 1 atom stereocenters. The number of rotatable bonds is 14. The Kier molecular flexibility index (Phi) is 16.0. The summed E-state index contributed by atoms with van der Waals surface area (Å²) in [6.07, 6.45) is 0.606. The van der Waals surface area contributed by atoms with Gasteiger partial charge in [0, 0.05) is 31.3 Å². The first-order chi connectivity index (χ1) is 14.2. The average molecular weight is 427 g/mol. The van der Waals surface area contributed by atoms with Crippen LogP contribution >= 0.6 is 0 Å². The lowest BCUT2D eigenvalue weighted by atomic mass is 10.2. The van der Waals surface area contributed by atoms with Crippen molar-refractivity contribution >= 4 is 11.9 Å². The maximum atomic E-state index is 9.78. The van der Waals surface area contributed by atoms with Crippen molar-refractivity contribution < 1.29 is 39.1 Å². The van der Waals surface area contributed by atoms with Crippen LogP contribution < -0.4 is 10.1 Å². The lowest BCUT2D eigenvalue weighted by Gasteiger charge is -2.15. The molecule has 1 rings (SSSR count). The summed E-state index contributed by atoms with van der Waals surface area (Å²) < 4.78 is 16.3. The van der Waals surface area contributed by atoms with Crippen molar-refractivity contribution in [1.82, 2.24) is 5.32 Å². The minimum Gasteiger partial charge on any atom is -0.491 e. The molecule has 0 aliphatic carbocycles. The monoisotopic (exact) mass is 427 g/mol. The number of carboxylic acid groups (broad SMARTS) is 2. The zero-order chi connectivity index (χ0) is 22.8. The van der Waals surface area contributed by atoms with E-state index in [1.807, 2.05) is 45.0 Å². The van der Waals surface area contributed by atoms with Gasteiger partial charge in [-0.15, -0.1) is 0 Å². The van der Waals surface area contributed by atoms with E-state index in [9.17, 15) is 14.7 Å². The van der Waals surface area contributed by atoms with E-state index in [1.165, 1.54) is 0 Å².